The van der Waals surface area contributed by atoms with Gasteiger partial charge < -0.3 is 9.64 Å². The van der Waals surface area contributed by atoms with E-state index in [0.29, 0.717) is 11.3 Å². The smallest absolute Gasteiger partial charge is 0.416 e. The first kappa shape index (κ1) is 18.7. The Kier molecular flexibility index (Phi) is 4.93. The number of ether oxygens (including phenoxy) is 1. The van der Waals surface area contributed by atoms with Gasteiger partial charge in [0.2, 0.25) is 0 Å². The summed E-state index contributed by atoms with van der Waals surface area (Å²) in [5.41, 5.74) is 1.90. The molecule has 2 aromatic rings. The molecule has 0 N–H and O–H groups in total. The Bertz CT molecular complexity index is 978. The monoisotopic (exact) mass is 402 g/mol. The number of hydrogen-bond donors (Lipinski definition) is 0. The van der Waals surface area contributed by atoms with Crippen molar-refractivity contribution in [3.8, 4) is 11.5 Å². The molecule has 0 aliphatic carbocycles. The van der Waals surface area contributed by atoms with E-state index in [-0.39, 0.29) is 5.75 Å². The number of benzene rings is 2. The summed E-state index contributed by atoms with van der Waals surface area (Å²) in [6.45, 7) is 2.63. The van der Waals surface area contributed by atoms with E-state index in [1.165, 1.54) is 6.07 Å². The van der Waals surface area contributed by atoms with E-state index in [1.807, 2.05) is 30.5 Å². The molecule has 0 saturated carbocycles. The van der Waals surface area contributed by atoms with Gasteiger partial charge in [-0.05, 0) is 66.4 Å². The maximum atomic E-state index is 12.9. The molecule has 0 spiro atoms. The number of hydrogen-bond acceptors (Lipinski definition) is 4. The van der Waals surface area contributed by atoms with E-state index in [9.17, 15) is 13.2 Å². The predicted octanol–water partition coefficient (Wildman–Crippen LogP) is 6.08. The van der Waals surface area contributed by atoms with Gasteiger partial charge in [-0.15, -0.1) is 0 Å². The molecule has 0 fully saturated rings. The molecule has 2 aliphatic rings. The first-order valence-corrected chi connectivity index (χ1v) is 9.68. The van der Waals surface area contributed by atoms with Gasteiger partial charge in [0.25, 0.3) is 0 Å². The number of halogens is 3. The van der Waals surface area contributed by atoms with E-state index in [2.05, 4.69) is 9.30 Å². The number of amidine groups is 1. The summed E-state index contributed by atoms with van der Waals surface area (Å²) in [4.78, 5) is 2.11. The van der Waals surface area contributed by atoms with Crippen LogP contribution in [0.4, 0.5) is 13.2 Å². The summed E-state index contributed by atoms with van der Waals surface area (Å²) in [5.74, 6) is 2.54. The van der Waals surface area contributed by atoms with Gasteiger partial charge in [0.05, 0.1) is 5.56 Å². The quantitative estimate of drug-likeness (QED) is 0.582. The normalized spacial score (nSPS) is 16.4. The second-order valence-electron chi connectivity index (χ2n) is 6.47. The largest absolute Gasteiger partial charge is 0.457 e. The lowest BCUT2D eigenvalue weighted by molar-refractivity contribution is -0.137. The zero-order valence-corrected chi connectivity index (χ0v) is 15.8. The molecule has 0 atom stereocenters. The average Bonchev–Trinajstić information content (AvgIpc) is 2.69. The molecule has 0 aromatic heterocycles. The van der Waals surface area contributed by atoms with E-state index in [1.54, 1.807) is 31.0 Å². The Morgan fingerprint density at radius 1 is 1.11 bits per heavy atom. The highest BCUT2D eigenvalue weighted by atomic mass is 32.2. The summed E-state index contributed by atoms with van der Waals surface area (Å²) >= 11 is 1.54. The highest BCUT2D eigenvalue weighted by Crippen LogP contribution is 2.35. The highest BCUT2D eigenvalue weighted by molar-refractivity contribution is 7.98. The van der Waals surface area contributed by atoms with Crippen LogP contribution < -0.4 is 4.74 Å². The van der Waals surface area contributed by atoms with Crippen LogP contribution in [0.5, 0.6) is 11.5 Å². The lowest BCUT2D eigenvalue weighted by Crippen LogP contribution is -2.32. The number of allylic oxidation sites excluding steroid dienone is 2. The molecule has 4 rings (SSSR count). The van der Waals surface area contributed by atoms with Gasteiger partial charge in [0.1, 0.15) is 17.3 Å². The van der Waals surface area contributed by atoms with Crippen LogP contribution in [0.15, 0.2) is 65.2 Å². The fourth-order valence-electron chi connectivity index (χ4n) is 3.01. The number of fused-ring (bicyclic) bond motifs is 1. The van der Waals surface area contributed by atoms with Crippen LogP contribution in [0, 0.1) is 6.92 Å². The van der Waals surface area contributed by atoms with Crippen molar-refractivity contribution < 1.29 is 17.9 Å². The SMILES string of the molecule is Cc1ccc(C(F)(F)F)cc1Oc1ccc(C2=CC=CN3CCSN=C23)cc1. The third kappa shape index (κ3) is 3.80. The molecule has 3 nitrogen and oxygen atoms in total. The molecular weight excluding hydrogens is 385 g/mol. The Morgan fingerprint density at radius 3 is 2.64 bits per heavy atom. The van der Waals surface area contributed by atoms with E-state index in [0.717, 1.165) is 41.4 Å². The minimum atomic E-state index is -4.40. The van der Waals surface area contributed by atoms with Crippen LogP contribution >= 0.6 is 11.9 Å². The van der Waals surface area contributed by atoms with Crippen molar-refractivity contribution in [2.75, 3.05) is 12.3 Å². The fraction of sp³-hybridized carbons (Fsp3) is 0.190. The number of alkyl halides is 3. The Balaban J connectivity index is 1.57. The van der Waals surface area contributed by atoms with E-state index < -0.39 is 11.7 Å². The van der Waals surface area contributed by atoms with Crippen molar-refractivity contribution in [3.05, 3.63) is 77.5 Å². The maximum absolute atomic E-state index is 12.9. The van der Waals surface area contributed by atoms with Gasteiger partial charge in [0, 0.05) is 24.1 Å². The molecule has 0 bridgehead atoms. The van der Waals surface area contributed by atoms with Crippen LogP contribution in [-0.2, 0) is 6.18 Å². The van der Waals surface area contributed by atoms with Crippen LogP contribution in [0.3, 0.4) is 0 Å². The lowest BCUT2D eigenvalue weighted by atomic mass is 10.0. The summed E-state index contributed by atoms with van der Waals surface area (Å²) < 4.78 is 49.1. The first-order valence-electron chi connectivity index (χ1n) is 8.73. The second kappa shape index (κ2) is 7.39. The van der Waals surface area contributed by atoms with Crippen LogP contribution in [-0.4, -0.2) is 23.0 Å². The van der Waals surface area contributed by atoms with Crippen LogP contribution in [0.2, 0.25) is 0 Å². The van der Waals surface area contributed by atoms with Gasteiger partial charge in [-0.1, -0.05) is 18.2 Å². The minimum Gasteiger partial charge on any atom is -0.457 e. The number of aryl methyl sites for hydroxylation is 1. The van der Waals surface area contributed by atoms with Crippen molar-refractivity contribution in [1.82, 2.24) is 4.90 Å². The van der Waals surface area contributed by atoms with Crippen molar-refractivity contribution in [2.24, 2.45) is 4.40 Å². The first-order chi connectivity index (χ1) is 13.4. The minimum absolute atomic E-state index is 0.196. The summed E-state index contributed by atoms with van der Waals surface area (Å²) in [5, 5.41) is 0. The molecule has 28 heavy (non-hydrogen) atoms. The molecule has 2 aliphatic heterocycles. The van der Waals surface area contributed by atoms with Crippen molar-refractivity contribution >= 4 is 23.4 Å². The van der Waals surface area contributed by atoms with Crippen molar-refractivity contribution in [3.63, 3.8) is 0 Å². The van der Waals surface area contributed by atoms with Crippen LogP contribution in [0.1, 0.15) is 16.7 Å². The zero-order valence-electron chi connectivity index (χ0n) is 15.0. The molecule has 0 radical (unpaired) electrons. The molecule has 7 heteroatoms. The van der Waals surface area contributed by atoms with Gasteiger partial charge in [-0.25, -0.2) is 0 Å². The Labute approximate surface area is 165 Å². The standard InChI is InChI=1S/C21H17F3N2OS/c1-14-4-7-16(21(22,23)24)13-19(14)27-17-8-5-15(6-9-17)18-3-2-10-26-11-12-28-25-20(18)26/h2-10,13H,11-12H2,1H3. The lowest BCUT2D eigenvalue weighted by Gasteiger charge is -2.29. The van der Waals surface area contributed by atoms with Crippen LogP contribution in [0.25, 0.3) is 5.57 Å². The molecule has 0 saturated heterocycles. The van der Waals surface area contributed by atoms with Gasteiger partial charge in [-0.2, -0.15) is 17.6 Å². The van der Waals surface area contributed by atoms with Crippen molar-refractivity contribution in [1.29, 1.82) is 0 Å². The van der Waals surface area contributed by atoms with Crippen molar-refractivity contribution in [2.45, 2.75) is 13.1 Å². The second-order valence-corrected chi connectivity index (χ2v) is 7.32. The molecule has 0 amide bonds. The van der Waals surface area contributed by atoms with Gasteiger partial charge >= 0.3 is 6.18 Å². The van der Waals surface area contributed by atoms with E-state index >= 15 is 0 Å². The molecular formula is C21H17F3N2OS. The maximum Gasteiger partial charge on any atom is 0.416 e. The molecule has 2 heterocycles. The van der Waals surface area contributed by atoms with Gasteiger partial charge in [0.15, 0.2) is 0 Å². The summed E-state index contributed by atoms with van der Waals surface area (Å²) in [7, 11) is 0. The highest BCUT2D eigenvalue weighted by Gasteiger charge is 2.31. The third-order valence-electron chi connectivity index (χ3n) is 4.52. The Hall–Kier alpha value is -2.67. The van der Waals surface area contributed by atoms with Gasteiger partial charge in [-0.3, -0.25) is 0 Å². The summed E-state index contributed by atoms with van der Waals surface area (Å²) in [6.07, 6.45) is 1.60. The summed E-state index contributed by atoms with van der Waals surface area (Å²) in [6, 6.07) is 10.8. The topological polar surface area (TPSA) is 24.8 Å². The molecule has 144 valence electrons. The average molecular weight is 402 g/mol. The predicted molar refractivity (Wildman–Crippen MR) is 106 cm³/mol. The fourth-order valence-corrected chi connectivity index (χ4v) is 3.71. The third-order valence-corrected chi connectivity index (χ3v) is 5.19. The van der Waals surface area contributed by atoms with E-state index in [4.69, 9.17) is 4.74 Å². The zero-order chi connectivity index (χ0) is 19.7. The molecule has 2 aromatic carbocycles. The number of rotatable bonds is 3. The number of nitrogens with zero attached hydrogens (tertiary/aromatic N) is 2. The molecule has 0 unspecified atom stereocenters. The Morgan fingerprint density at radius 2 is 1.89 bits per heavy atom.